The minimum Gasteiger partial charge on any atom is -0.371 e. The Morgan fingerprint density at radius 3 is 2.47 bits per heavy atom. The van der Waals surface area contributed by atoms with Crippen molar-refractivity contribution in [3.05, 3.63) is 67.8 Å². The van der Waals surface area contributed by atoms with E-state index in [2.05, 4.69) is 37.4 Å². The van der Waals surface area contributed by atoms with Gasteiger partial charge in [0.05, 0.1) is 4.91 Å². The Hall–Kier alpha value is -2.89. The van der Waals surface area contributed by atoms with E-state index in [-0.39, 0.29) is 17.0 Å². The van der Waals surface area contributed by atoms with Crippen molar-refractivity contribution in [3.8, 4) is 6.07 Å². The van der Waals surface area contributed by atoms with Gasteiger partial charge in [-0.2, -0.15) is 5.26 Å². The number of carbonyl (C=O) groups excluding carboxylic acids is 1. The molecule has 8 heteroatoms. The SMILES string of the molecule is CCCCCN1C(=O)/C(=C\c2c(C)c(C#N)c(=O)n(CCCC)c2NCCc2ccccc2)SC1=S. The van der Waals surface area contributed by atoms with Crippen LogP contribution in [-0.4, -0.2) is 32.8 Å². The molecule has 1 fully saturated rings. The van der Waals surface area contributed by atoms with E-state index in [1.54, 1.807) is 16.4 Å². The Bertz CT molecular complexity index is 1230. The molecule has 6 nitrogen and oxygen atoms in total. The zero-order chi connectivity index (χ0) is 26.1. The standard InChI is InChI=1S/C28H34N4O2S2/c1-4-6-11-17-32-27(34)24(36-28(32)35)18-22-20(3)23(19-29)26(33)31(16-7-5-2)25(22)30-15-14-21-12-9-8-10-13-21/h8-10,12-13,18,30H,4-7,11,14-17H2,1-3H3/b24-18+. The predicted octanol–water partition coefficient (Wildman–Crippen LogP) is 5.87. The second-order valence-corrected chi connectivity index (χ2v) is 10.6. The van der Waals surface area contributed by atoms with Crippen LogP contribution < -0.4 is 10.9 Å². The smallest absolute Gasteiger partial charge is 0.270 e. The molecular formula is C28H34N4O2S2. The summed E-state index contributed by atoms with van der Waals surface area (Å²) in [5.41, 5.74) is 2.28. The third-order valence-corrected chi connectivity index (χ3v) is 7.67. The van der Waals surface area contributed by atoms with Crippen LogP contribution in [0.5, 0.6) is 0 Å². The summed E-state index contributed by atoms with van der Waals surface area (Å²) in [6.07, 6.45) is 7.32. The summed E-state index contributed by atoms with van der Waals surface area (Å²) in [4.78, 5) is 28.7. The maximum atomic E-state index is 13.3. The summed E-state index contributed by atoms with van der Waals surface area (Å²) in [6.45, 7) is 7.69. The lowest BCUT2D eigenvalue weighted by Crippen LogP contribution is -2.29. The highest BCUT2D eigenvalue weighted by atomic mass is 32.2. The topological polar surface area (TPSA) is 78.1 Å². The summed E-state index contributed by atoms with van der Waals surface area (Å²) < 4.78 is 2.21. The van der Waals surface area contributed by atoms with Gasteiger partial charge in [-0.05, 0) is 43.4 Å². The summed E-state index contributed by atoms with van der Waals surface area (Å²) in [6, 6.07) is 12.2. The zero-order valence-corrected chi connectivity index (χ0v) is 22.9. The number of unbranched alkanes of at least 4 members (excludes halogenated alkanes) is 3. The molecule has 2 aromatic rings. The first-order chi connectivity index (χ1) is 17.4. The monoisotopic (exact) mass is 522 g/mol. The van der Waals surface area contributed by atoms with Crippen LogP contribution in [-0.2, 0) is 17.8 Å². The average molecular weight is 523 g/mol. The van der Waals surface area contributed by atoms with E-state index >= 15 is 0 Å². The Morgan fingerprint density at radius 1 is 1.08 bits per heavy atom. The number of thioether (sulfide) groups is 1. The number of rotatable bonds is 12. The van der Waals surface area contributed by atoms with Crippen molar-refractivity contribution in [2.24, 2.45) is 0 Å². The fraction of sp³-hybridized carbons (Fsp3) is 0.429. The first-order valence-corrected chi connectivity index (χ1v) is 13.9. The lowest BCUT2D eigenvalue weighted by molar-refractivity contribution is -0.122. The van der Waals surface area contributed by atoms with Crippen molar-refractivity contribution in [2.45, 2.75) is 65.8 Å². The van der Waals surface area contributed by atoms with Crippen LogP contribution in [0.4, 0.5) is 5.82 Å². The molecule has 0 atom stereocenters. The molecule has 1 saturated heterocycles. The molecule has 1 amide bonds. The molecule has 190 valence electrons. The molecule has 0 aliphatic carbocycles. The van der Waals surface area contributed by atoms with Crippen LogP contribution in [0.2, 0.25) is 0 Å². The Balaban J connectivity index is 2.03. The Kier molecular flexibility index (Phi) is 10.3. The third kappa shape index (κ3) is 6.45. The molecule has 0 unspecified atom stereocenters. The van der Waals surface area contributed by atoms with Crippen LogP contribution in [0.25, 0.3) is 6.08 Å². The highest BCUT2D eigenvalue weighted by Gasteiger charge is 2.32. The van der Waals surface area contributed by atoms with Crippen LogP contribution in [0, 0.1) is 18.3 Å². The molecule has 1 aliphatic heterocycles. The maximum absolute atomic E-state index is 13.3. The summed E-state index contributed by atoms with van der Waals surface area (Å²) in [5.74, 6) is 0.540. The van der Waals surface area contributed by atoms with Crippen molar-refractivity contribution in [1.82, 2.24) is 9.47 Å². The number of nitrogens with zero attached hydrogens (tertiary/aromatic N) is 3. The molecule has 36 heavy (non-hydrogen) atoms. The van der Waals surface area contributed by atoms with Gasteiger partial charge in [-0.1, -0.05) is 87.4 Å². The van der Waals surface area contributed by atoms with Gasteiger partial charge in [-0.15, -0.1) is 0 Å². The summed E-state index contributed by atoms with van der Waals surface area (Å²) >= 11 is 6.79. The van der Waals surface area contributed by atoms with Crippen LogP contribution in [0.15, 0.2) is 40.0 Å². The largest absolute Gasteiger partial charge is 0.371 e. The molecular weight excluding hydrogens is 488 g/mol. The van der Waals surface area contributed by atoms with Crippen LogP contribution in [0.3, 0.4) is 0 Å². The molecule has 0 radical (unpaired) electrons. The van der Waals surface area contributed by atoms with Crippen molar-refractivity contribution in [3.63, 3.8) is 0 Å². The lowest BCUT2D eigenvalue weighted by Gasteiger charge is -2.20. The number of aromatic nitrogens is 1. The van der Waals surface area contributed by atoms with E-state index in [0.29, 0.717) is 45.8 Å². The average Bonchev–Trinajstić information content (AvgIpc) is 3.14. The molecule has 0 saturated carbocycles. The number of nitrogens with one attached hydrogen (secondary N) is 1. The van der Waals surface area contributed by atoms with Gasteiger partial charge in [-0.25, -0.2) is 0 Å². The van der Waals surface area contributed by atoms with Gasteiger partial charge >= 0.3 is 0 Å². The van der Waals surface area contributed by atoms with E-state index in [1.807, 2.05) is 24.3 Å². The fourth-order valence-electron chi connectivity index (χ4n) is 4.20. The molecule has 1 N–H and O–H groups in total. The zero-order valence-electron chi connectivity index (χ0n) is 21.3. The molecule has 2 heterocycles. The number of anilines is 1. The van der Waals surface area contributed by atoms with E-state index in [0.717, 1.165) is 38.5 Å². The molecule has 0 bridgehead atoms. The number of thiocarbonyl (C=S) groups is 1. The Morgan fingerprint density at radius 2 is 1.81 bits per heavy atom. The van der Waals surface area contributed by atoms with Crippen molar-refractivity contribution in [1.29, 1.82) is 5.26 Å². The van der Waals surface area contributed by atoms with Crippen molar-refractivity contribution in [2.75, 3.05) is 18.4 Å². The minimum absolute atomic E-state index is 0.111. The highest BCUT2D eigenvalue weighted by Crippen LogP contribution is 2.35. The number of hydrogen-bond donors (Lipinski definition) is 1. The van der Waals surface area contributed by atoms with E-state index in [1.165, 1.54) is 17.3 Å². The fourth-order valence-corrected chi connectivity index (χ4v) is 5.49. The van der Waals surface area contributed by atoms with Crippen molar-refractivity contribution >= 4 is 46.1 Å². The molecule has 3 rings (SSSR count). The molecule has 0 spiro atoms. The first kappa shape index (κ1) is 27.7. The number of hydrogen-bond acceptors (Lipinski definition) is 6. The van der Waals surface area contributed by atoms with Gasteiger partial charge in [0.1, 0.15) is 21.8 Å². The van der Waals surface area contributed by atoms with Gasteiger partial charge in [0.25, 0.3) is 11.5 Å². The molecule has 1 aliphatic rings. The molecule has 1 aromatic carbocycles. The second kappa shape index (κ2) is 13.4. The van der Waals surface area contributed by atoms with Gasteiger partial charge < -0.3 is 5.32 Å². The second-order valence-electron chi connectivity index (χ2n) is 8.89. The number of amides is 1. The maximum Gasteiger partial charge on any atom is 0.270 e. The van der Waals surface area contributed by atoms with Crippen LogP contribution >= 0.6 is 24.0 Å². The number of carbonyl (C=O) groups is 1. The van der Waals surface area contributed by atoms with E-state index in [4.69, 9.17) is 12.2 Å². The number of benzene rings is 1. The summed E-state index contributed by atoms with van der Waals surface area (Å²) in [7, 11) is 0. The molecule has 1 aromatic heterocycles. The lowest BCUT2D eigenvalue weighted by atomic mass is 10.0. The van der Waals surface area contributed by atoms with Gasteiger partial charge in [-0.3, -0.25) is 19.1 Å². The van der Waals surface area contributed by atoms with Gasteiger partial charge in [0.2, 0.25) is 0 Å². The number of nitriles is 1. The Labute approximate surface area is 223 Å². The van der Waals surface area contributed by atoms with Gasteiger partial charge in [0.15, 0.2) is 0 Å². The predicted molar refractivity (Wildman–Crippen MR) is 153 cm³/mol. The highest BCUT2D eigenvalue weighted by molar-refractivity contribution is 8.26. The third-order valence-electron chi connectivity index (χ3n) is 6.29. The van der Waals surface area contributed by atoms with E-state index in [9.17, 15) is 14.9 Å². The minimum atomic E-state index is -0.296. The normalized spacial score (nSPS) is 14.5. The first-order valence-electron chi connectivity index (χ1n) is 12.6. The number of pyridine rings is 1. The quantitative estimate of drug-likeness (QED) is 0.213. The summed E-state index contributed by atoms with van der Waals surface area (Å²) in [5, 5.41) is 13.3. The van der Waals surface area contributed by atoms with Crippen LogP contribution in [0.1, 0.15) is 68.2 Å². The van der Waals surface area contributed by atoms with E-state index < -0.39 is 0 Å². The van der Waals surface area contributed by atoms with Gasteiger partial charge in [0, 0.05) is 25.2 Å². The van der Waals surface area contributed by atoms with Crippen molar-refractivity contribution < 1.29 is 4.79 Å².